The van der Waals surface area contributed by atoms with E-state index in [0.29, 0.717) is 13.0 Å². The normalized spacial score (nSPS) is 32.6. The highest BCUT2D eigenvalue weighted by molar-refractivity contribution is 8.00. The van der Waals surface area contributed by atoms with Gasteiger partial charge < -0.3 is 9.84 Å². The van der Waals surface area contributed by atoms with Crippen LogP contribution in [0.2, 0.25) is 0 Å². The molecule has 1 saturated heterocycles. The monoisotopic (exact) mass is 218 g/mol. The summed E-state index contributed by atoms with van der Waals surface area (Å²) in [6.45, 7) is 4.14. The summed E-state index contributed by atoms with van der Waals surface area (Å²) in [6, 6.07) is 0. The van der Waals surface area contributed by atoms with Crippen LogP contribution in [-0.2, 0) is 9.53 Å². The second kappa shape index (κ2) is 5.03. The zero-order chi connectivity index (χ0) is 10.6. The molecule has 1 rings (SSSR count). The summed E-state index contributed by atoms with van der Waals surface area (Å²) >= 11 is 1.73. The van der Waals surface area contributed by atoms with Crippen LogP contribution in [0.15, 0.2) is 0 Å². The molecule has 0 amide bonds. The molecule has 14 heavy (non-hydrogen) atoms. The van der Waals surface area contributed by atoms with Crippen molar-refractivity contribution in [2.24, 2.45) is 0 Å². The molecule has 1 fully saturated rings. The Morgan fingerprint density at radius 2 is 2.43 bits per heavy atom. The van der Waals surface area contributed by atoms with Crippen LogP contribution in [0.3, 0.4) is 0 Å². The number of carbonyl (C=O) groups is 1. The highest BCUT2D eigenvalue weighted by atomic mass is 32.2. The van der Waals surface area contributed by atoms with Gasteiger partial charge in [0, 0.05) is 5.25 Å². The van der Waals surface area contributed by atoms with E-state index in [9.17, 15) is 9.90 Å². The maximum Gasteiger partial charge on any atom is 0.308 e. The van der Waals surface area contributed by atoms with Crippen LogP contribution in [0.5, 0.6) is 0 Å². The summed E-state index contributed by atoms with van der Waals surface area (Å²) in [5.41, 5.74) is -0.852. The minimum Gasteiger partial charge on any atom is -0.466 e. The van der Waals surface area contributed by atoms with Crippen LogP contribution >= 0.6 is 11.8 Å². The van der Waals surface area contributed by atoms with E-state index in [1.54, 1.807) is 18.7 Å². The number of hydrogen-bond donors (Lipinski definition) is 1. The molecular formula is C10H18O3S. The van der Waals surface area contributed by atoms with Crippen molar-refractivity contribution < 1.29 is 14.6 Å². The predicted molar refractivity (Wildman–Crippen MR) is 57.4 cm³/mol. The summed E-state index contributed by atoms with van der Waals surface area (Å²) in [5, 5.41) is 10.3. The third kappa shape index (κ3) is 2.89. The molecule has 1 aliphatic heterocycles. The topological polar surface area (TPSA) is 46.5 Å². The molecule has 4 heteroatoms. The van der Waals surface area contributed by atoms with Gasteiger partial charge in [-0.05, 0) is 25.5 Å². The van der Waals surface area contributed by atoms with Gasteiger partial charge in [0.05, 0.1) is 18.6 Å². The van der Waals surface area contributed by atoms with Crippen molar-refractivity contribution in [1.82, 2.24) is 0 Å². The summed E-state index contributed by atoms with van der Waals surface area (Å²) in [5.74, 6) is 0.788. The van der Waals surface area contributed by atoms with Crippen molar-refractivity contribution in [3.05, 3.63) is 0 Å². The second-order valence-corrected chi connectivity index (χ2v) is 5.15. The van der Waals surface area contributed by atoms with Gasteiger partial charge in [0.1, 0.15) is 0 Å². The fraction of sp³-hybridized carbons (Fsp3) is 0.900. The van der Waals surface area contributed by atoms with Crippen LogP contribution in [0.1, 0.15) is 33.1 Å². The molecule has 1 N–H and O–H groups in total. The summed E-state index contributed by atoms with van der Waals surface area (Å²) in [4.78, 5) is 11.3. The smallest absolute Gasteiger partial charge is 0.308 e. The number of rotatable bonds is 3. The van der Waals surface area contributed by atoms with Gasteiger partial charge in [0.25, 0.3) is 0 Å². The molecule has 0 aromatic rings. The Morgan fingerprint density at radius 3 is 3.00 bits per heavy atom. The molecule has 2 atom stereocenters. The largest absolute Gasteiger partial charge is 0.466 e. The van der Waals surface area contributed by atoms with Crippen molar-refractivity contribution in [3.63, 3.8) is 0 Å². The van der Waals surface area contributed by atoms with Crippen molar-refractivity contribution in [3.8, 4) is 0 Å². The Hall–Kier alpha value is -0.220. The molecule has 0 radical (unpaired) electrons. The molecule has 82 valence electrons. The van der Waals surface area contributed by atoms with Crippen LogP contribution in [0, 0.1) is 0 Å². The third-order valence-electron chi connectivity index (χ3n) is 2.63. The highest BCUT2D eigenvalue weighted by Crippen LogP contribution is 2.36. The van der Waals surface area contributed by atoms with Crippen LogP contribution < -0.4 is 0 Å². The Labute approximate surface area is 89.2 Å². The van der Waals surface area contributed by atoms with E-state index in [0.717, 1.165) is 12.2 Å². The molecule has 0 spiro atoms. The van der Waals surface area contributed by atoms with E-state index < -0.39 is 5.60 Å². The van der Waals surface area contributed by atoms with Crippen LogP contribution in [0.25, 0.3) is 0 Å². The first-order valence-corrected chi connectivity index (χ1v) is 6.13. The minimum atomic E-state index is -0.852. The highest BCUT2D eigenvalue weighted by Gasteiger charge is 2.38. The van der Waals surface area contributed by atoms with E-state index in [1.807, 2.05) is 6.92 Å². The molecular weight excluding hydrogens is 200 g/mol. The lowest BCUT2D eigenvalue weighted by atomic mass is 9.90. The molecule has 1 heterocycles. The van der Waals surface area contributed by atoms with Gasteiger partial charge >= 0.3 is 5.97 Å². The Kier molecular flexibility index (Phi) is 4.26. The first-order valence-electron chi connectivity index (χ1n) is 5.08. The predicted octanol–water partition coefficient (Wildman–Crippen LogP) is 1.59. The van der Waals surface area contributed by atoms with Crippen molar-refractivity contribution in [1.29, 1.82) is 0 Å². The minimum absolute atomic E-state index is 0.126. The Bertz CT molecular complexity index is 208. The van der Waals surface area contributed by atoms with E-state index in [-0.39, 0.29) is 17.6 Å². The summed E-state index contributed by atoms with van der Waals surface area (Å²) in [7, 11) is 0. The van der Waals surface area contributed by atoms with E-state index in [4.69, 9.17) is 4.74 Å². The van der Waals surface area contributed by atoms with E-state index in [2.05, 4.69) is 0 Å². The van der Waals surface area contributed by atoms with Gasteiger partial charge in [0.15, 0.2) is 0 Å². The van der Waals surface area contributed by atoms with Crippen LogP contribution in [-0.4, -0.2) is 34.3 Å². The lowest BCUT2D eigenvalue weighted by Crippen LogP contribution is -2.43. The number of ether oxygens (including phenoxy) is 1. The molecule has 0 saturated carbocycles. The standard InChI is InChI=1S/C10H18O3S/c1-3-13-9(11)7-10(12)5-4-6-14-8(10)2/h8,12H,3-7H2,1-2H3. The van der Waals surface area contributed by atoms with E-state index >= 15 is 0 Å². The zero-order valence-electron chi connectivity index (χ0n) is 8.78. The number of esters is 1. The fourth-order valence-corrected chi connectivity index (χ4v) is 2.87. The Morgan fingerprint density at radius 1 is 1.71 bits per heavy atom. The van der Waals surface area contributed by atoms with Gasteiger partial charge in [-0.3, -0.25) is 4.79 Å². The number of thioether (sulfide) groups is 1. The van der Waals surface area contributed by atoms with Crippen molar-refractivity contribution in [2.45, 2.75) is 44.0 Å². The zero-order valence-corrected chi connectivity index (χ0v) is 9.60. The SMILES string of the molecule is CCOC(=O)CC1(O)CCCSC1C. The fourth-order valence-electron chi connectivity index (χ4n) is 1.69. The Balaban J connectivity index is 2.50. The van der Waals surface area contributed by atoms with Gasteiger partial charge in [-0.1, -0.05) is 6.92 Å². The summed E-state index contributed by atoms with van der Waals surface area (Å²) in [6.07, 6.45) is 1.82. The molecule has 2 unspecified atom stereocenters. The molecule has 1 aliphatic rings. The number of carbonyl (C=O) groups excluding carboxylic acids is 1. The lowest BCUT2D eigenvalue weighted by Gasteiger charge is -2.36. The lowest BCUT2D eigenvalue weighted by molar-refractivity contribution is -0.149. The van der Waals surface area contributed by atoms with Gasteiger partial charge in [-0.2, -0.15) is 11.8 Å². The molecule has 0 aliphatic carbocycles. The van der Waals surface area contributed by atoms with Gasteiger partial charge in [-0.25, -0.2) is 0 Å². The average Bonchev–Trinajstić information content (AvgIpc) is 2.10. The van der Waals surface area contributed by atoms with Gasteiger partial charge in [-0.15, -0.1) is 0 Å². The quantitative estimate of drug-likeness (QED) is 0.731. The maximum atomic E-state index is 11.3. The molecule has 0 aromatic carbocycles. The van der Waals surface area contributed by atoms with Crippen LogP contribution in [0.4, 0.5) is 0 Å². The van der Waals surface area contributed by atoms with E-state index in [1.165, 1.54) is 0 Å². The van der Waals surface area contributed by atoms with Crippen molar-refractivity contribution in [2.75, 3.05) is 12.4 Å². The van der Waals surface area contributed by atoms with Crippen molar-refractivity contribution >= 4 is 17.7 Å². The first-order chi connectivity index (χ1) is 6.58. The third-order valence-corrected chi connectivity index (χ3v) is 4.10. The maximum absolute atomic E-state index is 11.3. The second-order valence-electron chi connectivity index (χ2n) is 3.70. The molecule has 0 bridgehead atoms. The first kappa shape index (κ1) is 11.9. The molecule has 0 aromatic heterocycles. The van der Waals surface area contributed by atoms with Gasteiger partial charge in [0.2, 0.25) is 0 Å². The number of hydrogen-bond acceptors (Lipinski definition) is 4. The average molecular weight is 218 g/mol. The number of aliphatic hydroxyl groups is 1. The summed E-state index contributed by atoms with van der Waals surface area (Å²) < 4.78 is 4.85. The molecule has 3 nitrogen and oxygen atoms in total.